The fourth-order valence-electron chi connectivity index (χ4n) is 4.45. The quantitative estimate of drug-likeness (QED) is 0.602. The molecule has 3 aromatic rings. The number of thioether (sulfide) groups is 2. The Balaban J connectivity index is 1.48. The van der Waals surface area contributed by atoms with Gasteiger partial charge in [-0.1, -0.05) is 29.6 Å². The second kappa shape index (κ2) is 4.25. The van der Waals surface area contributed by atoms with Crippen molar-refractivity contribution in [3.63, 3.8) is 0 Å². The first-order valence-corrected chi connectivity index (χ1v) is 9.82. The first kappa shape index (κ1) is 13.0. The summed E-state index contributed by atoms with van der Waals surface area (Å²) in [6, 6.07) is 6.58. The highest BCUT2D eigenvalue weighted by atomic mass is 32.2. The molecule has 6 heterocycles. The third kappa shape index (κ3) is 1.39. The van der Waals surface area contributed by atoms with E-state index in [1.165, 1.54) is 26.7 Å². The van der Waals surface area contributed by atoms with Gasteiger partial charge in [0.15, 0.2) is 11.6 Å². The summed E-state index contributed by atoms with van der Waals surface area (Å²) in [5, 5.41) is 0.653. The van der Waals surface area contributed by atoms with Gasteiger partial charge in [0.05, 0.1) is 20.5 Å². The molecule has 4 aliphatic rings. The first-order chi connectivity index (χ1) is 12.4. The van der Waals surface area contributed by atoms with Crippen LogP contribution in [0, 0.1) is 0 Å². The Labute approximate surface area is 151 Å². The first-order valence-electron chi connectivity index (χ1n) is 8.06. The van der Waals surface area contributed by atoms with Crippen LogP contribution in [0.2, 0.25) is 0 Å². The Hall–Kier alpha value is -2.32. The molecular formula is C17H10N6S2. The summed E-state index contributed by atoms with van der Waals surface area (Å²) in [7, 11) is 0. The van der Waals surface area contributed by atoms with Crippen molar-refractivity contribution in [1.82, 2.24) is 19.9 Å². The van der Waals surface area contributed by atoms with Crippen LogP contribution in [0.5, 0.6) is 0 Å². The molecule has 0 fully saturated rings. The Kier molecular flexibility index (Phi) is 2.21. The van der Waals surface area contributed by atoms with Crippen LogP contribution in [-0.4, -0.2) is 30.7 Å². The van der Waals surface area contributed by atoms with Crippen LogP contribution in [-0.2, 0) is 0 Å². The SMILES string of the molecule is c1cc2c3c(c1)N1c4ncncc4SC1C3C1Sc3cncnc3N21. The maximum Gasteiger partial charge on any atom is 0.151 e. The maximum absolute atomic E-state index is 4.57. The molecule has 6 nitrogen and oxygen atoms in total. The molecule has 2 atom stereocenters. The smallest absolute Gasteiger partial charge is 0.151 e. The van der Waals surface area contributed by atoms with Crippen LogP contribution < -0.4 is 9.80 Å². The number of aromatic nitrogens is 4. The van der Waals surface area contributed by atoms with Crippen LogP contribution in [0.25, 0.3) is 0 Å². The highest BCUT2D eigenvalue weighted by Gasteiger charge is 2.57. The maximum atomic E-state index is 4.57. The van der Waals surface area contributed by atoms with Gasteiger partial charge in [0.2, 0.25) is 0 Å². The van der Waals surface area contributed by atoms with Gasteiger partial charge in [-0.05, 0) is 12.1 Å². The number of hydrogen-bond acceptors (Lipinski definition) is 8. The van der Waals surface area contributed by atoms with E-state index in [1.54, 1.807) is 12.7 Å². The molecule has 1 aromatic carbocycles. The molecule has 0 amide bonds. The molecule has 0 radical (unpaired) electrons. The molecule has 0 aliphatic carbocycles. The average molecular weight is 362 g/mol. The van der Waals surface area contributed by atoms with Gasteiger partial charge in [-0.25, -0.2) is 19.9 Å². The zero-order valence-corrected chi connectivity index (χ0v) is 14.4. The summed E-state index contributed by atoms with van der Waals surface area (Å²) in [5.41, 5.74) is 4.00. The lowest BCUT2D eigenvalue weighted by Gasteiger charge is -2.27. The second-order valence-corrected chi connectivity index (χ2v) is 8.73. The van der Waals surface area contributed by atoms with Gasteiger partial charge in [-0.2, -0.15) is 0 Å². The molecular weight excluding hydrogens is 352 g/mol. The van der Waals surface area contributed by atoms with Crippen LogP contribution in [0.4, 0.5) is 23.0 Å². The van der Waals surface area contributed by atoms with E-state index in [9.17, 15) is 0 Å². The van der Waals surface area contributed by atoms with E-state index in [2.05, 4.69) is 47.9 Å². The van der Waals surface area contributed by atoms with Gasteiger partial charge in [0.1, 0.15) is 12.7 Å². The van der Waals surface area contributed by atoms with Crippen molar-refractivity contribution < 1.29 is 0 Å². The summed E-state index contributed by atoms with van der Waals surface area (Å²) < 4.78 is 0. The third-order valence-corrected chi connectivity index (χ3v) is 7.88. The molecule has 0 bridgehead atoms. The van der Waals surface area contributed by atoms with E-state index in [1.807, 2.05) is 35.9 Å². The fourth-order valence-corrected chi connectivity index (χ4v) is 7.33. The predicted octanol–water partition coefficient (Wildman–Crippen LogP) is 3.52. The Morgan fingerprint density at radius 1 is 0.800 bits per heavy atom. The number of nitrogens with zero attached hydrogens (tertiary/aromatic N) is 6. The van der Waals surface area contributed by atoms with E-state index in [0.29, 0.717) is 16.7 Å². The molecule has 0 saturated heterocycles. The Bertz CT molecular complexity index is 993. The lowest BCUT2D eigenvalue weighted by molar-refractivity contribution is 0.696. The Morgan fingerprint density at radius 2 is 1.36 bits per heavy atom. The zero-order valence-electron chi connectivity index (χ0n) is 12.8. The molecule has 7 rings (SSSR count). The van der Waals surface area contributed by atoms with Crippen molar-refractivity contribution in [2.45, 2.75) is 26.5 Å². The second-order valence-electron chi connectivity index (χ2n) is 6.41. The minimum atomic E-state index is 0.327. The summed E-state index contributed by atoms with van der Waals surface area (Å²) in [4.78, 5) is 24.7. The molecule has 8 heteroatoms. The lowest BCUT2D eigenvalue weighted by atomic mass is 10.0. The zero-order chi connectivity index (χ0) is 16.1. The molecule has 0 N–H and O–H groups in total. The van der Waals surface area contributed by atoms with E-state index in [-0.39, 0.29) is 0 Å². The molecule has 2 unspecified atom stereocenters. The van der Waals surface area contributed by atoms with Crippen molar-refractivity contribution in [1.29, 1.82) is 0 Å². The van der Waals surface area contributed by atoms with Gasteiger partial charge < -0.3 is 9.80 Å². The van der Waals surface area contributed by atoms with Gasteiger partial charge in [-0.15, -0.1) is 0 Å². The highest BCUT2D eigenvalue weighted by molar-refractivity contribution is 8.01. The van der Waals surface area contributed by atoms with Crippen LogP contribution in [0.1, 0.15) is 11.5 Å². The summed E-state index contributed by atoms with van der Waals surface area (Å²) in [6.07, 6.45) is 7.16. The van der Waals surface area contributed by atoms with Crippen molar-refractivity contribution in [3.05, 3.63) is 48.8 Å². The molecule has 2 aromatic heterocycles. The monoisotopic (exact) mass is 362 g/mol. The highest BCUT2D eigenvalue weighted by Crippen LogP contribution is 2.68. The Morgan fingerprint density at radius 3 is 1.92 bits per heavy atom. The number of rotatable bonds is 0. The van der Waals surface area contributed by atoms with E-state index in [0.717, 1.165) is 11.6 Å². The van der Waals surface area contributed by atoms with Crippen molar-refractivity contribution in [2.24, 2.45) is 0 Å². The van der Waals surface area contributed by atoms with E-state index < -0.39 is 0 Å². The van der Waals surface area contributed by atoms with Gasteiger partial charge in [0, 0.05) is 35.2 Å². The normalized spacial score (nSPS) is 26.3. The van der Waals surface area contributed by atoms with Gasteiger partial charge in [-0.3, -0.25) is 0 Å². The molecule has 25 heavy (non-hydrogen) atoms. The van der Waals surface area contributed by atoms with Crippen LogP contribution in [0.15, 0.2) is 53.0 Å². The van der Waals surface area contributed by atoms with E-state index in [4.69, 9.17) is 0 Å². The van der Waals surface area contributed by atoms with E-state index >= 15 is 0 Å². The van der Waals surface area contributed by atoms with Crippen molar-refractivity contribution >= 4 is 46.5 Å². The number of hydrogen-bond donors (Lipinski definition) is 0. The summed E-state index contributed by atoms with van der Waals surface area (Å²) in [5.74, 6) is 2.49. The largest absolute Gasteiger partial charge is 0.311 e. The predicted molar refractivity (Wildman–Crippen MR) is 96.8 cm³/mol. The fraction of sp³-hybridized carbons (Fsp3) is 0.176. The van der Waals surface area contributed by atoms with Gasteiger partial charge in [0.25, 0.3) is 0 Å². The molecule has 0 saturated carbocycles. The lowest BCUT2D eigenvalue weighted by Crippen LogP contribution is -2.32. The van der Waals surface area contributed by atoms with Crippen LogP contribution >= 0.6 is 23.5 Å². The molecule has 4 aliphatic heterocycles. The van der Waals surface area contributed by atoms with Gasteiger partial charge >= 0.3 is 0 Å². The standard InChI is InChI=1S/C17H10N6S2/c1-2-8-12-9(3-1)23-15-11(5-19-7-21-15)25-17(23)13(12)16-22(8)14-10(24-16)4-18-6-20-14/h1-7,13,16-17H. The third-order valence-electron chi connectivity index (χ3n) is 5.31. The minimum Gasteiger partial charge on any atom is -0.311 e. The minimum absolute atomic E-state index is 0.327. The van der Waals surface area contributed by atoms with Crippen molar-refractivity contribution in [3.8, 4) is 0 Å². The molecule has 120 valence electrons. The molecule has 0 spiro atoms. The topological polar surface area (TPSA) is 58.0 Å². The average Bonchev–Trinajstić information content (AvgIpc) is 3.35. The summed E-state index contributed by atoms with van der Waals surface area (Å²) >= 11 is 3.76. The number of anilines is 4. The summed E-state index contributed by atoms with van der Waals surface area (Å²) in [6.45, 7) is 0. The number of fused-ring (bicyclic) bond motifs is 10. The van der Waals surface area contributed by atoms with Crippen LogP contribution in [0.3, 0.4) is 0 Å². The van der Waals surface area contributed by atoms with Crippen molar-refractivity contribution in [2.75, 3.05) is 9.80 Å². The number of benzene rings is 1.